The van der Waals surface area contributed by atoms with Crippen LogP contribution in [-0.4, -0.2) is 17.9 Å². The van der Waals surface area contributed by atoms with Gasteiger partial charge >= 0.3 is 5.97 Å². The van der Waals surface area contributed by atoms with Gasteiger partial charge in [-0.25, -0.2) is 4.79 Å². The van der Waals surface area contributed by atoms with E-state index in [0.717, 1.165) is 34.7 Å². The lowest BCUT2D eigenvalue weighted by atomic mass is 9.87. The number of aryl methyl sites for hydroxylation is 2. The van der Waals surface area contributed by atoms with Crippen LogP contribution in [-0.2, 0) is 24.2 Å². The number of carbonyl (C=O) groups is 1. The Labute approximate surface area is 162 Å². The molecule has 2 heterocycles. The van der Waals surface area contributed by atoms with Crippen molar-refractivity contribution >= 4 is 16.7 Å². The second-order valence-electron chi connectivity index (χ2n) is 7.09. The zero-order chi connectivity index (χ0) is 19.4. The van der Waals surface area contributed by atoms with Crippen molar-refractivity contribution in [1.29, 1.82) is 0 Å². The van der Waals surface area contributed by atoms with Crippen molar-refractivity contribution in [2.75, 3.05) is 6.79 Å². The Balaban J connectivity index is 1.90. The Morgan fingerprint density at radius 2 is 1.61 bits per heavy atom. The molecule has 1 N–H and O–H groups in total. The summed E-state index contributed by atoms with van der Waals surface area (Å²) in [5.74, 6) is 1.07. The number of rotatable bonds is 3. The summed E-state index contributed by atoms with van der Waals surface area (Å²) >= 11 is 0. The first kappa shape index (κ1) is 16.9. The number of esters is 1. The minimum absolute atomic E-state index is 0.0878. The number of aromatic hydroxyl groups is 1. The molecule has 5 heteroatoms. The van der Waals surface area contributed by atoms with Crippen LogP contribution < -0.4 is 9.47 Å². The van der Waals surface area contributed by atoms with Crippen molar-refractivity contribution in [1.82, 2.24) is 0 Å². The van der Waals surface area contributed by atoms with Gasteiger partial charge in [0.2, 0.25) is 6.79 Å². The van der Waals surface area contributed by atoms with E-state index in [4.69, 9.17) is 14.2 Å². The Kier molecular flexibility index (Phi) is 3.72. The molecule has 2 aliphatic rings. The molecule has 0 atom stereocenters. The fourth-order valence-corrected chi connectivity index (χ4v) is 4.24. The summed E-state index contributed by atoms with van der Waals surface area (Å²) in [5, 5.41) is 12.5. The van der Waals surface area contributed by atoms with Gasteiger partial charge in [-0.2, -0.15) is 0 Å². The van der Waals surface area contributed by atoms with E-state index < -0.39 is 5.97 Å². The summed E-state index contributed by atoms with van der Waals surface area (Å²) in [6.07, 6.45) is 1.76. The first-order valence-electron chi connectivity index (χ1n) is 9.52. The van der Waals surface area contributed by atoms with Gasteiger partial charge in [-0.1, -0.05) is 26.0 Å². The molecular weight excluding hydrogens is 356 g/mol. The van der Waals surface area contributed by atoms with Crippen molar-refractivity contribution in [3.63, 3.8) is 0 Å². The number of ether oxygens (including phenoxy) is 3. The molecule has 3 aromatic carbocycles. The summed E-state index contributed by atoms with van der Waals surface area (Å²) in [6.45, 7) is 4.50. The first-order chi connectivity index (χ1) is 13.6. The van der Waals surface area contributed by atoms with Gasteiger partial charge in [-0.3, -0.25) is 0 Å². The van der Waals surface area contributed by atoms with Crippen LogP contribution in [0.4, 0.5) is 0 Å². The number of carbonyl (C=O) groups excluding carboxylic acids is 1. The molecule has 0 saturated heterocycles. The molecule has 0 saturated carbocycles. The van der Waals surface area contributed by atoms with Crippen LogP contribution in [0.25, 0.3) is 21.9 Å². The minimum atomic E-state index is -0.405. The van der Waals surface area contributed by atoms with Crippen molar-refractivity contribution in [3.8, 4) is 28.4 Å². The maximum Gasteiger partial charge on any atom is 0.339 e. The highest BCUT2D eigenvalue weighted by Crippen LogP contribution is 2.46. The van der Waals surface area contributed by atoms with Gasteiger partial charge in [-0.15, -0.1) is 0 Å². The van der Waals surface area contributed by atoms with Crippen molar-refractivity contribution < 1.29 is 24.1 Å². The third-order valence-electron chi connectivity index (χ3n) is 5.68. The van der Waals surface area contributed by atoms with Gasteiger partial charge in [0.1, 0.15) is 12.4 Å². The highest BCUT2D eigenvalue weighted by atomic mass is 16.7. The van der Waals surface area contributed by atoms with Gasteiger partial charge in [0.25, 0.3) is 0 Å². The highest BCUT2D eigenvalue weighted by molar-refractivity contribution is 6.13. The average molecular weight is 376 g/mol. The van der Waals surface area contributed by atoms with Crippen LogP contribution in [0.1, 0.15) is 40.9 Å². The maximum absolute atomic E-state index is 12.6. The summed E-state index contributed by atoms with van der Waals surface area (Å²) < 4.78 is 16.2. The molecule has 0 unspecified atom stereocenters. The molecule has 0 amide bonds. The largest absolute Gasteiger partial charge is 0.507 e. The van der Waals surface area contributed by atoms with E-state index in [-0.39, 0.29) is 19.1 Å². The molecule has 3 aromatic rings. The lowest BCUT2D eigenvalue weighted by Crippen LogP contribution is -2.01. The zero-order valence-corrected chi connectivity index (χ0v) is 15.8. The molecule has 0 radical (unpaired) electrons. The lowest BCUT2D eigenvalue weighted by Gasteiger charge is -2.17. The predicted molar refractivity (Wildman–Crippen MR) is 105 cm³/mol. The molecule has 142 valence electrons. The normalized spacial score (nSPS) is 14.4. The van der Waals surface area contributed by atoms with Crippen LogP contribution in [0, 0.1) is 0 Å². The number of fused-ring (bicyclic) bond motifs is 3. The zero-order valence-electron chi connectivity index (χ0n) is 15.8. The quantitative estimate of drug-likeness (QED) is 0.669. The SMILES string of the molecule is CCc1cc2c(O)c3c(c(-c4ccc5c(c4)OCO5)c2cc1CC)C(=O)OC3. The van der Waals surface area contributed by atoms with Crippen LogP contribution in [0.2, 0.25) is 0 Å². The summed E-state index contributed by atoms with van der Waals surface area (Å²) in [6, 6.07) is 9.80. The summed E-state index contributed by atoms with van der Waals surface area (Å²) in [5.41, 5.74) is 5.03. The Hall–Kier alpha value is -3.21. The Morgan fingerprint density at radius 1 is 0.893 bits per heavy atom. The molecule has 0 bridgehead atoms. The molecule has 2 aliphatic heterocycles. The molecule has 0 aliphatic carbocycles. The molecular formula is C23H20O5. The van der Waals surface area contributed by atoms with E-state index in [2.05, 4.69) is 19.9 Å². The van der Waals surface area contributed by atoms with E-state index in [9.17, 15) is 9.90 Å². The predicted octanol–water partition coefficient (Wildman–Crippen LogP) is 4.74. The number of phenolic OH excluding ortho intramolecular Hbond substituents is 1. The van der Waals surface area contributed by atoms with Gasteiger partial charge in [-0.05, 0) is 53.1 Å². The molecule has 0 aromatic heterocycles. The van der Waals surface area contributed by atoms with E-state index in [1.54, 1.807) is 0 Å². The van der Waals surface area contributed by atoms with Crippen molar-refractivity contribution in [2.45, 2.75) is 33.3 Å². The van der Waals surface area contributed by atoms with E-state index in [1.807, 2.05) is 24.3 Å². The minimum Gasteiger partial charge on any atom is -0.507 e. The van der Waals surface area contributed by atoms with Gasteiger partial charge in [0.15, 0.2) is 11.5 Å². The summed E-state index contributed by atoms with van der Waals surface area (Å²) in [4.78, 5) is 12.6. The standard InChI is InChI=1S/C23H20O5/c1-3-12-7-15-16(8-13(12)4-2)22(24)17-10-26-23(25)21(17)20(15)14-5-6-18-19(9-14)28-11-27-18/h5-9,24H,3-4,10-11H2,1-2H3. The molecule has 5 nitrogen and oxygen atoms in total. The first-order valence-corrected chi connectivity index (χ1v) is 9.52. The van der Waals surface area contributed by atoms with E-state index >= 15 is 0 Å². The van der Waals surface area contributed by atoms with Crippen LogP contribution in [0.5, 0.6) is 17.2 Å². The van der Waals surface area contributed by atoms with Crippen LogP contribution in [0.3, 0.4) is 0 Å². The topological polar surface area (TPSA) is 65.0 Å². The fraction of sp³-hybridized carbons (Fsp3) is 0.261. The second kappa shape index (κ2) is 6.16. The number of hydrogen-bond acceptors (Lipinski definition) is 5. The smallest absolute Gasteiger partial charge is 0.339 e. The van der Waals surface area contributed by atoms with E-state index in [0.29, 0.717) is 22.6 Å². The number of hydrogen-bond donors (Lipinski definition) is 1. The van der Waals surface area contributed by atoms with Gasteiger partial charge in [0.05, 0.1) is 5.56 Å². The van der Waals surface area contributed by atoms with E-state index in [1.165, 1.54) is 11.1 Å². The molecule has 5 rings (SSSR count). The fourth-order valence-electron chi connectivity index (χ4n) is 4.24. The lowest BCUT2D eigenvalue weighted by molar-refractivity contribution is 0.0535. The Bertz CT molecular complexity index is 1150. The van der Waals surface area contributed by atoms with Crippen molar-refractivity contribution in [3.05, 3.63) is 52.6 Å². The number of cyclic esters (lactones) is 1. The summed E-state index contributed by atoms with van der Waals surface area (Å²) in [7, 11) is 0. The molecule has 0 fully saturated rings. The van der Waals surface area contributed by atoms with Crippen LogP contribution >= 0.6 is 0 Å². The third-order valence-corrected chi connectivity index (χ3v) is 5.68. The number of benzene rings is 3. The Morgan fingerprint density at radius 3 is 2.36 bits per heavy atom. The third kappa shape index (κ3) is 2.29. The number of phenols is 1. The van der Waals surface area contributed by atoms with Gasteiger partial charge in [0, 0.05) is 16.5 Å². The van der Waals surface area contributed by atoms with Crippen molar-refractivity contribution in [2.24, 2.45) is 0 Å². The highest BCUT2D eigenvalue weighted by Gasteiger charge is 2.32. The van der Waals surface area contributed by atoms with Gasteiger partial charge < -0.3 is 19.3 Å². The molecule has 28 heavy (non-hydrogen) atoms. The second-order valence-corrected chi connectivity index (χ2v) is 7.09. The average Bonchev–Trinajstić information content (AvgIpc) is 3.34. The van der Waals surface area contributed by atoms with Crippen LogP contribution in [0.15, 0.2) is 30.3 Å². The monoisotopic (exact) mass is 376 g/mol. The molecule has 0 spiro atoms. The maximum atomic E-state index is 12.6.